The Balaban J connectivity index is 1.89. The number of alkyl halides is 1. The quantitative estimate of drug-likeness (QED) is 0.834. The van der Waals surface area contributed by atoms with Gasteiger partial charge in [0.2, 0.25) is 5.91 Å². The average Bonchev–Trinajstić information content (AvgIpc) is 2.69. The van der Waals surface area contributed by atoms with Crippen LogP contribution in [0, 0.1) is 5.92 Å². The van der Waals surface area contributed by atoms with E-state index in [1.165, 1.54) is 5.56 Å². The molecule has 1 aromatic rings. The SMILES string of the molecule is CC1(C)C(=O)Nc2ccc(C(Br)C3CCOCC3)cc21. The summed E-state index contributed by atoms with van der Waals surface area (Å²) in [5, 5.41) is 2.96. The van der Waals surface area contributed by atoms with Gasteiger partial charge in [0.25, 0.3) is 0 Å². The van der Waals surface area contributed by atoms with Crippen LogP contribution in [0.2, 0.25) is 0 Å². The number of anilines is 1. The van der Waals surface area contributed by atoms with Gasteiger partial charge in [-0.15, -0.1) is 0 Å². The number of hydrogen-bond acceptors (Lipinski definition) is 2. The Morgan fingerprint density at radius 3 is 2.75 bits per heavy atom. The molecule has 1 unspecified atom stereocenters. The van der Waals surface area contributed by atoms with Crippen molar-refractivity contribution in [3.63, 3.8) is 0 Å². The summed E-state index contributed by atoms with van der Waals surface area (Å²) < 4.78 is 5.43. The highest BCUT2D eigenvalue weighted by atomic mass is 79.9. The summed E-state index contributed by atoms with van der Waals surface area (Å²) in [4.78, 5) is 12.3. The minimum absolute atomic E-state index is 0.0850. The summed E-state index contributed by atoms with van der Waals surface area (Å²) >= 11 is 3.85. The third-order valence-electron chi connectivity index (χ3n) is 4.53. The van der Waals surface area contributed by atoms with Gasteiger partial charge in [-0.2, -0.15) is 0 Å². The van der Waals surface area contributed by atoms with Crippen LogP contribution in [-0.2, 0) is 14.9 Å². The van der Waals surface area contributed by atoms with Gasteiger partial charge in [-0.3, -0.25) is 4.79 Å². The van der Waals surface area contributed by atoms with Crippen LogP contribution in [-0.4, -0.2) is 19.1 Å². The van der Waals surface area contributed by atoms with E-state index >= 15 is 0 Å². The molecule has 0 spiro atoms. The number of nitrogens with one attached hydrogen (secondary N) is 1. The van der Waals surface area contributed by atoms with Crippen molar-refractivity contribution >= 4 is 27.5 Å². The average molecular weight is 338 g/mol. The molecule has 0 aromatic heterocycles. The van der Waals surface area contributed by atoms with Crippen LogP contribution in [0.1, 0.15) is 42.6 Å². The fourth-order valence-electron chi connectivity index (χ4n) is 3.04. The van der Waals surface area contributed by atoms with Crippen molar-refractivity contribution in [2.24, 2.45) is 5.92 Å². The maximum Gasteiger partial charge on any atom is 0.234 e. The Hall–Kier alpha value is -0.870. The number of halogens is 1. The summed E-state index contributed by atoms with van der Waals surface area (Å²) in [6.45, 7) is 5.66. The fraction of sp³-hybridized carbons (Fsp3) is 0.562. The maximum absolute atomic E-state index is 12.0. The number of amides is 1. The molecule has 20 heavy (non-hydrogen) atoms. The van der Waals surface area contributed by atoms with Gasteiger partial charge in [-0.05, 0) is 49.8 Å². The Morgan fingerprint density at radius 1 is 1.35 bits per heavy atom. The minimum Gasteiger partial charge on any atom is -0.381 e. The normalized spacial score (nSPS) is 23.2. The summed E-state index contributed by atoms with van der Waals surface area (Å²) in [7, 11) is 0. The number of carbonyl (C=O) groups excluding carboxylic acids is 1. The van der Waals surface area contributed by atoms with Gasteiger partial charge in [0.1, 0.15) is 0 Å². The minimum atomic E-state index is -0.437. The van der Waals surface area contributed by atoms with E-state index in [-0.39, 0.29) is 5.91 Å². The van der Waals surface area contributed by atoms with Crippen molar-refractivity contribution in [1.82, 2.24) is 0 Å². The lowest BCUT2D eigenvalue weighted by atomic mass is 9.84. The van der Waals surface area contributed by atoms with Gasteiger partial charge in [0, 0.05) is 23.7 Å². The first-order valence-electron chi connectivity index (χ1n) is 7.18. The first kappa shape index (κ1) is 14.1. The molecular formula is C16H20BrNO2. The van der Waals surface area contributed by atoms with Gasteiger partial charge < -0.3 is 10.1 Å². The molecule has 0 bridgehead atoms. The zero-order valence-corrected chi connectivity index (χ0v) is 13.5. The zero-order chi connectivity index (χ0) is 14.3. The molecule has 1 fully saturated rings. The third-order valence-corrected chi connectivity index (χ3v) is 5.81. The van der Waals surface area contributed by atoms with Crippen molar-refractivity contribution in [2.45, 2.75) is 36.9 Å². The summed E-state index contributed by atoms with van der Waals surface area (Å²) in [5.41, 5.74) is 2.89. The smallest absolute Gasteiger partial charge is 0.234 e. The second-order valence-electron chi connectivity index (χ2n) is 6.24. The predicted octanol–water partition coefficient (Wildman–Crippen LogP) is 3.78. The van der Waals surface area contributed by atoms with Gasteiger partial charge >= 0.3 is 0 Å². The van der Waals surface area contributed by atoms with Crippen LogP contribution in [0.5, 0.6) is 0 Å². The molecule has 1 atom stereocenters. The Morgan fingerprint density at radius 2 is 2.05 bits per heavy atom. The second kappa shape index (κ2) is 5.15. The highest BCUT2D eigenvalue weighted by molar-refractivity contribution is 9.09. The van der Waals surface area contributed by atoms with E-state index in [1.54, 1.807) is 0 Å². The van der Waals surface area contributed by atoms with Gasteiger partial charge in [-0.25, -0.2) is 0 Å². The summed E-state index contributed by atoms with van der Waals surface area (Å²) in [6.07, 6.45) is 2.18. The lowest BCUT2D eigenvalue weighted by Crippen LogP contribution is -2.27. The van der Waals surface area contributed by atoms with Crippen molar-refractivity contribution in [3.05, 3.63) is 29.3 Å². The lowest BCUT2D eigenvalue weighted by Gasteiger charge is -2.27. The third kappa shape index (κ3) is 2.29. The van der Waals surface area contributed by atoms with Crippen molar-refractivity contribution < 1.29 is 9.53 Å². The van der Waals surface area contributed by atoms with E-state index in [2.05, 4.69) is 33.4 Å². The molecule has 108 valence electrons. The molecular weight excluding hydrogens is 318 g/mol. The van der Waals surface area contributed by atoms with E-state index < -0.39 is 5.41 Å². The van der Waals surface area contributed by atoms with Crippen LogP contribution in [0.4, 0.5) is 5.69 Å². The van der Waals surface area contributed by atoms with E-state index in [0.717, 1.165) is 37.3 Å². The number of hydrogen-bond donors (Lipinski definition) is 1. The second-order valence-corrected chi connectivity index (χ2v) is 7.22. The topological polar surface area (TPSA) is 38.3 Å². The first-order chi connectivity index (χ1) is 9.50. The van der Waals surface area contributed by atoms with E-state index in [4.69, 9.17) is 4.74 Å². The molecule has 1 saturated heterocycles. The lowest BCUT2D eigenvalue weighted by molar-refractivity contribution is -0.119. The maximum atomic E-state index is 12.0. The monoisotopic (exact) mass is 337 g/mol. The van der Waals surface area contributed by atoms with Crippen molar-refractivity contribution in [1.29, 1.82) is 0 Å². The largest absolute Gasteiger partial charge is 0.381 e. The van der Waals surface area contributed by atoms with Crippen LogP contribution in [0.3, 0.4) is 0 Å². The Bertz CT molecular complexity index is 535. The van der Waals surface area contributed by atoms with E-state index in [1.807, 2.05) is 19.9 Å². The molecule has 1 N–H and O–H groups in total. The number of carbonyl (C=O) groups is 1. The molecule has 2 aliphatic heterocycles. The molecule has 1 amide bonds. The van der Waals surface area contributed by atoms with Crippen molar-refractivity contribution in [2.75, 3.05) is 18.5 Å². The first-order valence-corrected chi connectivity index (χ1v) is 8.09. The predicted molar refractivity (Wildman–Crippen MR) is 83.3 cm³/mol. The molecule has 0 aliphatic carbocycles. The van der Waals surface area contributed by atoms with Crippen molar-refractivity contribution in [3.8, 4) is 0 Å². The van der Waals surface area contributed by atoms with Crippen LogP contribution < -0.4 is 5.32 Å². The molecule has 0 saturated carbocycles. The molecule has 2 aliphatic rings. The van der Waals surface area contributed by atoms with Crippen LogP contribution >= 0.6 is 15.9 Å². The highest BCUT2D eigenvalue weighted by Gasteiger charge is 2.38. The molecule has 4 heteroatoms. The summed E-state index contributed by atoms with van der Waals surface area (Å²) in [5.74, 6) is 0.691. The molecule has 1 aromatic carbocycles. The fourth-order valence-corrected chi connectivity index (χ4v) is 3.85. The van der Waals surface area contributed by atoms with Crippen LogP contribution in [0.25, 0.3) is 0 Å². The Labute approximate surface area is 128 Å². The molecule has 2 heterocycles. The van der Waals surface area contributed by atoms with Crippen LogP contribution in [0.15, 0.2) is 18.2 Å². The van der Waals surface area contributed by atoms with E-state index in [9.17, 15) is 4.79 Å². The highest BCUT2D eigenvalue weighted by Crippen LogP contribution is 2.42. The Kier molecular flexibility index (Phi) is 3.63. The van der Waals surface area contributed by atoms with Gasteiger partial charge in [0.05, 0.1) is 5.41 Å². The van der Waals surface area contributed by atoms with Gasteiger partial charge in [0.15, 0.2) is 0 Å². The number of rotatable bonds is 2. The summed E-state index contributed by atoms with van der Waals surface area (Å²) in [6, 6.07) is 6.34. The number of ether oxygens (including phenoxy) is 1. The number of benzene rings is 1. The standard InChI is InChI=1S/C16H20BrNO2/c1-16(2)12-9-11(3-4-13(12)18-15(16)19)14(17)10-5-7-20-8-6-10/h3-4,9-10,14H,5-8H2,1-2H3,(H,18,19). The number of fused-ring (bicyclic) bond motifs is 1. The molecule has 3 nitrogen and oxygen atoms in total. The van der Waals surface area contributed by atoms with E-state index in [0.29, 0.717) is 10.7 Å². The molecule has 3 rings (SSSR count). The molecule has 0 radical (unpaired) electrons. The van der Waals surface area contributed by atoms with Gasteiger partial charge in [-0.1, -0.05) is 28.1 Å². The zero-order valence-electron chi connectivity index (χ0n) is 11.9.